The molecule has 5 heteroatoms. The van der Waals surface area contributed by atoms with E-state index >= 15 is 0 Å². The number of aromatic nitrogens is 2. The fraction of sp³-hybridized carbons (Fsp3) is 0.0667. The summed E-state index contributed by atoms with van der Waals surface area (Å²) in [6, 6.07) is 12.0. The molecule has 0 amide bonds. The third-order valence-electron chi connectivity index (χ3n) is 3.32. The molecule has 0 atom stereocenters. The van der Waals surface area contributed by atoms with Crippen LogP contribution in [-0.4, -0.2) is 9.55 Å². The van der Waals surface area contributed by atoms with Gasteiger partial charge in [0.1, 0.15) is 0 Å². The topological polar surface area (TPSA) is 80.9 Å². The van der Waals surface area contributed by atoms with Crippen LogP contribution in [0.2, 0.25) is 0 Å². The highest BCUT2D eigenvalue weighted by atomic mass is 16.2. The van der Waals surface area contributed by atoms with E-state index in [0.717, 1.165) is 10.1 Å². The molecule has 3 rings (SSSR count). The Morgan fingerprint density at radius 2 is 1.85 bits per heavy atom. The average Bonchev–Trinajstić information content (AvgIpc) is 2.43. The van der Waals surface area contributed by atoms with Crippen LogP contribution in [0.15, 0.2) is 52.1 Å². The second-order valence-corrected chi connectivity index (χ2v) is 4.66. The number of anilines is 1. The van der Waals surface area contributed by atoms with Crippen LogP contribution in [0, 0.1) is 6.92 Å². The number of H-pyrrole nitrogens is 1. The Morgan fingerprint density at radius 3 is 2.60 bits per heavy atom. The number of para-hydroxylation sites is 1. The summed E-state index contributed by atoms with van der Waals surface area (Å²) in [4.78, 5) is 27.3. The summed E-state index contributed by atoms with van der Waals surface area (Å²) in [6.07, 6.45) is 0. The summed E-state index contributed by atoms with van der Waals surface area (Å²) in [7, 11) is 0. The highest BCUT2D eigenvalue weighted by molar-refractivity contribution is 5.77. The Hall–Kier alpha value is -2.82. The molecule has 0 bridgehead atoms. The first-order valence-electron chi connectivity index (χ1n) is 6.18. The van der Waals surface area contributed by atoms with Gasteiger partial charge < -0.3 is 10.7 Å². The number of nitrogens with one attached hydrogen (secondary N) is 1. The molecule has 0 saturated carbocycles. The SMILES string of the molecule is Cc1cc(-n2c(=O)[nH]c3ccccc3c2=O)ccc1N. The van der Waals surface area contributed by atoms with Gasteiger partial charge in [0.2, 0.25) is 0 Å². The lowest BCUT2D eigenvalue weighted by atomic mass is 10.2. The van der Waals surface area contributed by atoms with Crippen LogP contribution in [0.3, 0.4) is 0 Å². The van der Waals surface area contributed by atoms with E-state index in [1.54, 1.807) is 42.5 Å². The van der Waals surface area contributed by atoms with E-state index in [1.807, 2.05) is 6.92 Å². The summed E-state index contributed by atoms with van der Waals surface area (Å²) in [6.45, 7) is 1.83. The van der Waals surface area contributed by atoms with Crippen molar-refractivity contribution in [3.63, 3.8) is 0 Å². The quantitative estimate of drug-likeness (QED) is 0.657. The van der Waals surface area contributed by atoms with Crippen LogP contribution >= 0.6 is 0 Å². The van der Waals surface area contributed by atoms with Crippen molar-refractivity contribution in [3.05, 3.63) is 68.9 Å². The monoisotopic (exact) mass is 267 g/mol. The van der Waals surface area contributed by atoms with Crippen LogP contribution in [0.1, 0.15) is 5.56 Å². The second kappa shape index (κ2) is 4.38. The molecule has 1 heterocycles. The van der Waals surface area contributed by atoms with E-state index in [1.165, 1.54) is 0 Å². The van der Waals surface area contributed by atoms with E-state index in [9.17, 15) is 9.59 Å². The van der Waals surface area contributed by atoms with Gasteiger partial charge in [-0.2, -0.15) is 0 Å². The maximum absolute atomic E-state index is 12.5. The first kappa shape index (κ1) is 12.2. The molecule has 0 aliphatic heterocycles. The molecular formula is C15H13N3O2. The lowest BCUT2D eigenvalue weighted by molar-refractivity contribution is 0.900. The minimum atomic E-state index is -0.460. The smallest absolute Gasteiger partial charge is 0.333 e. The number of fused-ring (bicyclic) bond motifs is 1. The molecule has 0 fully saturated rings. The molecular weight excluding hydrogens is 254 g/mol. The molecule has 1 aromatic heterocycles. The number of nitrogens with zero attached hydrogens (tertiary/aromatic N) is 1. The van der Waals surface area contributed by atoms with Gasteiger partial charge in [0.25, 0.3) is 5.56 Å². The van der Waals surface area contributed by atoms with Gasteiger partial charge in [0.15, 0.2) is 0 Å². The van der Waals surface area contributed by atoms with Gasteiger partial charge in [-0.05, 0) is 42.8 Å². The Morgan fingerprint density at radius 1 is 1.10 bits per heavy atom. The van der Waals surface area contributed by atoms with Gasteiger partial charge in [-0.3, -0.25) is 4.79 Å². The molecule has 0 spiro atoms. The third kappa shape index (κ3) is 1.80. The molecule has 0 radical (unpaired) electrons. The maximum atomic E-state index is 12.5. The molecule has 2 aromatic carbocycles. The first-order valence-corrected chi connectivity index (χ1v) is 6.18. The van der Waals surface area contributed by atoms with Crippen LogP contribution in [0.25, 0.3) is 16.6 Å². The molecule has 20 heavy (non-hydrogen) atoms. The van der Waals surface area contributed by atoms with Crippen LogP contribution in [0.5, 0.6) is 0 Å². The summed E-state index contributed by atoms with van der Waals surface area (Å²) in [5.74, 6) is 0. The molecule has 0 aliphatic rings. The molecule has 100 valence electrons. The summed E-state index contributed by atoms with van der Waals surface area (Å²) < 4.78 is 1.12. The Labute approximate surface area is 114 Å². The lowest BCUT2D eigenvalue weighted by Crippen LogP contribution is -2.33. The summed E-state index contributed by atoms with van der Waals surface area (Å²) in [5.41, 5.74) is 7.45. The average molecular weight is 267 g/mol. The van der Waals surface area contributed by atoms with E-state index in [2.05, 4.69) is 4.98 Å². The van der Waals surface area contributed by atoms with Gasteiger partial charge in [-0.25, -0.2) is 9.36 Å². The van der Waals surface area contributed by atoms with E-state index in [4.69, 9.17) is 5.73 Å². The zero-order valence-corrected chi connectivity index (χ0v) is 10.9. The maximum Gasteiger partial charge on any atom is 0.333 e. The third-order valence-corrected chi connectivity index (χ3v) is 3.32. The predicted octanol–water partition coefficient (Wildman–Crippen LogP) is 1.57. The highest BCUT2D eigenvalue weighted by Crippen LogP contribution is 2.14. The molecule has 0 aliphatic carbocycles. The zero-order chi connectivity index (χ0) is 14.3. The van der Waals surface area contributed by atoms with Crippen molar-refractivity contribution in [2.75, 3.05) is 5.73 Å². The zero-order valence-electron chi connectivity index (χ0n) is 10.9. The van der Waals surface area contributed by atoms with Crippen molar-refractivity contribution in [1.29, 1.82) is 0 Å². The second-order valence-electron chi connectivity index (χ2n) is 4.66. The Bertz CT molecular complexity index is 922. The van der Waals surface area contributed by atoms with E-state index in [0.29, 0.717) is 22.3 Å². The fourth-order valence-electron chi connectivity index (χ4n) is 2.20. The number of aromatic amines is 1. The summed E-state index contributed by atoms with van der Waals surface area (Å²) in [5, 5.41) is 0.474. The predicted molar refractivity (Wildman–Crippen MR) is 79.3 cm³/mol. The number of nitrogens with two attached hydrogens (primary N) is 1. The van der Waals surface area contributed by atoms with Crippen LogP contribution in [-0.2, 0) is 0 Å². The molecule has 3 aromatic rings. The van der Waals surface area contributed by atoms with Crippen molar-refractivity contribution in [2.45, 2.75) is 6.92 Å². The number of nitrogen functional groups attached to an aromatic ring is 1. The molecule has 3 N–H and O–H groups in total. The molecule has 0 unspecified atom stereocenters. The van der Waals surface area contributed by atoms with E-state index < -0.39 is 5.69 Å². The van der Waals surface area contributed by atoms with Crippen molar-refractivity contribution in [2.24, 2.45) is 0 Å². The lowest BCUT2D eigenvalue weighted by Gasteiger charge is -2.08. The van der Waals surface area contributed by atoms with Gasteiger partial charge in [0, 0.05) is 5.69 Å². The van der Waals surface area contributed by atoms with Crippen molar-refractivity contribution >= 4 is 16.6 Å². The number of rotatable bonds is 1. The number of benzene rings is 2. The van der Waals surface area contributed by atoms with Gasteiger partial charge in [-0.1, -0.05) is 12.1 Å². The molecule has 5 nitrogen and oxygen atoms in total. The fourth-order valence-corrected chi connectivity index (χ4v) is 2.20. The van der Waals surface area contributed by atoms with Crippen molar-refractivity contribution < 1.29 is 0 Å². The van der Waals surface area contributed by atoms with Crippen LogP contribution in [0.4, 0.5) is 5.69 Å². The Kier molecular flexibility index (Phi) is 2.68. The minimum absolute atomic E-state index is 0.339. The first-order chi connectivity index (χ1) is 9.58. The summed E-state index contributed by atoms with van der Waals surface area (Å²) >= 11 is 0. The standard InChI is InChI=1S/C15H13N3O2/c1-9-8-10(6-7-12(9)16)18-14(19)11-4-2-3-5-13(11)17-15(18)20/h2-8H,16H2,1H3,(H,17,20). The van der Waals surface area contributed by atoms with Crippen molar-refractivity contribution in [1.82, 2.24) is 9.55 Å². The van der Waals surface area contributed by atoms with Crippen LogP contribution < -0.4 is 17.0 Å². The normalized spacial score (nSPS) is 10.8. The van der Waals surface area contributed by atoms with Crippen molar-refractivity contribution in [3.8, 4) is 5.69 Å². The number of hydrogen-bond donors (Lipinski definition) is 2. The minimum Gasteiger partial charge on any atom is -0.399 e. The molecule has 0 saturated heterocycles. The van der Waals surface area contributed by atoms with E-state index in [-0.39, 0.29) is 5.56 Å². The number of hydrogen-bond acceptors (Lipinski definition) is 3. The van der Waals surface area contributed by atoms with Gasteiger partial charge in [-0.15, -0.1) is 0 Å². The Balaban J connectivity index is 2.39. The highest BCUT2D eigenvalue weighted by Gasteiger charge is 2.09. The largest absolute Gasteiger partial charge is 0.399 e. The number of aryl methyl sites for hydroxylation is 1. The van der Waals surface area contributed by atoms with Gasteiger partial charge >= 0.3 is 5.69 Å². The van der Waals surface area contributed by atoms with Gasteiger partial charge in [0.05, 0.1) is 16.6 Å².